The van der Waals surface area contributed by atoms with Crippen LogP contribution in [0.3, 0.4) is 0 Å². The Hall–Kier alpha value is -3.70. The number of halogens is 1. The van der Waals surface area contributed by atoms with E-state index in [1.165, 1.54) is 29.2 Å². The second kappa shape index (κ2) is 18.2. The average Bonchev–Trinajstić information content (AvgIpc) is 3.37. The Balaban J connectivity index is 1.57. The molecule has 1 fully saturated rings. The van der Waals surface area contributed by atoms with E-state index in [0.717, 1.165) is 57.8 Å². The van der Waals surface area contributed by atoms with Gasteiger partial charge in [0, 0.05) is 50.0 Å². The van der Waals surface area contributed by atoms with E-state index < -0.39 is 12.1 Å². The number of aliphatic hydroxyl groups is 1. The molecule has 4 rings (SSSR count). The number of amides is 4. The third-order valence-electron chi connectivity index (χ3n) is 9.44. The molecule has 1 aliphatic heterocycles. The number of anilines is 2. The summed E-state index contributed by atoms with van der Waals surface area (Å²) in [6.45, 7) is 6.43. The molecule has 3 N–H and O–H groups in total. The standard InChI is InChI=1S/C37H53FN4O6/c1-25-22-42(26(2)24-43)36(45)32-21-31(39-35(44)28-12-7-5-6-8-13-28)18-19-33(32)48-27(3)11-9-10-20-47-34(25)23-41(4)37(46)40-30-16-14-29(38)15-17-30/h14-19,21,25-28,34,43H,5-13,20,22-24H2,1-4H3,(H,39,44)(H,40,46)/t25-,26+,27-,34-/m0/s1. The zero-order valence-corrected chi connectivity index (χ0v) is 28.9. The van der Waals surface area contributed by atoms with Crippen LogP contribution in [-0.4, -0.2) is 84.4 Å². The molecular weight excluding hydrogens is 615 g/mol. The quantitative estimate of drug-likeness (QED) is 0.283. The number of nitrogens with one attached hydrogen (secondary N) is 2. The van der Waals surface area contributed by atoms with Crippen LogP contribution >= 0.6 is 0 Å². The largest absolute Gasteiger partial charge is 0.490 e. The van der Waals surface area contributed by atoms with E-state index in [2.05, 4.69) is 10.6 Å². The van der Waals surface area contributed by atoms with E-state index in [-0.39, 0.29) is 61.3 Å². The van der Waals surface area contributed by atoms with Crippen LogP contribution in [0, 0.1) is 17.7 Å². The van der Waals surface area contributed by atoms with Crippen LogP contribution in [0.5, 0.6) is 5.75 Å². The number of nitrogens with zero attached hydrogens (tertiary/aromatic N) is 2. The maximum Gasteiger partial charge on any atom is 0.321 e. The number of likely N-dealkylation sites (N-methyl/N-ethyl adjacent to an activating group) is 1. The maximum absolute atomic E-state index is 14.4. The Morgan fingerprint density at radius 3 is 2.33 bits per heavy atom. The molecule has 4 amide bonds. The monoisotopic (exact) mass is 668 g/mol. The fraction of sp³-hybridized carbons (Fsp3) is 0.595. The number of urea groups is 1. The SMILES string of the molecule is C[C@H](CO)N1C[C@H](C)[C@H](CN(C)C(=O)Nc2ccc(F)cc2)OCCCC[C@H](C)Oc2ccc(NC(=O)C3CCCCCC3)cc2C1=O. The molecule has 2 aliphatic rings. The van der Waals surface area contributed by atoms with Crippen LogP contribution in [0.2, 0.25) is 0 Å². The molecule has 0 unspecified atom stereocenters. The number of fused-ring (bicyclic) bond motifs is 1. The Kier molecular flexibility index (Phi) is 14.1. The third-order valence-corrected chi connectivity index (χ3v) is 9.44. The molecule has 0 bridgehead atoms. The van der Waals surface area contributed by atoms with Gasteiger partial charge in [0.2, 0.25) is 5.91 Å². The summed E-state index contributed by atoms with van der Waals surface area (Å²) in [4.78, 5) is 43.8. The lowest BCUT2D eigenvalue weighted by molar-refractivity contribution is -0.120. The van der Waals surface area contributed by atoms with Gasteiger partial charge in [-0.1, -0.05) is 32.6 Å². The molecule has 1 aliphatic carbocycles. The molecule has 0 spiro atoms. The number of hydrogen-bond acceptors (Lipinski definition) is 6. The molecule has 1 saturated carbocycles. The van der Waals surface area contributed by atoms with E-state index in [0.29, 0.717) is 29.3 Å². The fourth-order valence-corrected chi connectivity index (χ4v) is 6.35. The highest BCUT2D eigenvalue weighted by Gasteiger charge is 2.31. The number of hydrogen-bond donors (Lipinski definition) is 3. The van der Waals surface area contributed by atoms with E-state index in [1.54, 1.807) is 37.1 Å². The number of rotatable bonds is 7. The van der Waals surface area contributed by atoms with Gasteiger partial charge in [-0.2, -0.15) is 0 Å². The van der Waals surface area contributed by atoms with E-state index in [1.807, 2.05) is 13.8 Å². The smallest absolute Gasteiger partial charge is 0.321 e. The van der Waals surface area contributed by atoms with Crippen molar-refractivity contribution in [1.82, 2.24) is 9.80 Å². The summed E-state index contributed by atoms with van der Waals surface area (Å²) in [6.07, 6.45) is 7.88. The molecular formula is C37H53FN4O6. The van der Waals surface area contributed by atoms with Crippen molar-refractivity contribution in [2.45, 2.75) is 96.8 Å². The number of aliphatic hydroxyl groups excluding tert-OH is 1. The lowest BCUT2D eigenvalue weighted by Gasteiger charge is -2.35. The van der Waals surface area contributed by atoms with Crippen molar-refractivity contribution in [2.24, 2.45) is 11.8 Å². The molecule has 0 aromatic heterocycles. The third kappa shape index (κ3) is 10.7. The normalized spacial score (nSPS) is 22.3. The molecule has 10 nitrogen and oxygen atoms in total. The first-order valence-electron chi connectivity index (χ1n) is 17.5. The van der Waals surface area contributed by atoms with Gasteiger partial charge in [0.25, 0.3) is 5.91 Å². The van der Waals surface area contributed by atoms with Crippen LogP contribution in [0.25, 0.3) is 0 Å². The summed E-state index contributed by atoms with van der Waals surface area (Å²) in [7, 11) is 1.67. The first kappa shape index (κ1) is 37.1. The Labute approximate surface area is 284 Å². The maximum atomic E-state index is 14.4. The highest BCUT2D eigenvalue weighted by atomic mass is 19.1. The van der Waals surface area contributed by atoms with Gasteiger partial charge in [0.1, 0.15) is 11.6 Å². The lowest BCUT2D eigenvalue weighted by atomic mass is 9.99. The highest BCUT2D eigenvalue weighted by Crippen LogP contribution is 2.30. The summed E-state index contributed by atoms with van der Waals surface area (Å²) in [5.74, 6) is -0.583. The summed E-state index contributed by atoms with van der Waals surface area (Å²) in [5.41, 5.74) is 1.33. The van der Waals surface area contributed by atoms with Gasteiger partial charge in [-0.3, -0.25) is 9.59 Å². The zero-order valence-electron chi connectivity index (χ0n) is 28.9. The fourth-order valence-electron chi connectivity index (χ4n) is 6.35. The summed E-state index contributed by atoms with van der Waals surface area (Å²) in [6, 6.07) is 9.90. The minimum atomic E-state index is -0.525. The first-order chi connectivity index (χ1) is 23.0. The molecule has 0 saturated heterocycles. The average molecular weight is 669 g/mol. The number of carbonyl (C=O) groups is 3. The molecule has 48 heavy (non-hydrogen) atoms. The Morgan fingerprint density at radius 1 is 0.979 bits per heavy atom. The number of ether oxygens (including phenoxy) is 2. The van der Waals surface area contributed by atoms with Crippen LogP contribution < -0.4 is 15.4 Å². The van der Waals surface area contributed by atoms with Crippen molar-refractivity contribution in [3.8, 4) is 5.75 Å². The molecule has 264 valence electrons. The second-order valence-corrected chi connectivity index (χ2v) is 13.5. The van der Waals surface area contributed by atoms with Gasteiger partial charge in [-0.25, -0.2) is 9.18 Å². The molecule has 1 heterocycles. The minimum Gasteiger partial charge on any atom is -0.490 e. The lowest BCUT2D eigenvalue weighted by Crippen LogP contribution is -2.48. The second-order valence-electron chi connectivity index (χ2n) is 13.5. The van der Waals surface area contributed by atoms with Crippen LogP contribution in [0.4, 0.5) is 20.6 Å². The Morgan fingerprint density at radius 2 is 1.65 bits per heavy atom. The topological polar surface area (TPSA) is 120 Å². The molecule has 2 aromatic carbocycles. The number of benzene rings is 2. The van der Waals surface area contributed by atoms with Crippen molar-refractivity contribution in [3.05, 3.63) is 53.8 Å². The molecule has 2 aromatic rings. The van der Waals surface area contributed by atoms with Gasteiger partial charge in [0.05, 0.1) is 30.4 Å². The zero-order chi connectivity index (χ0) is 34.6. The number of carbonyl (C=O) groups excluding carboxylic acids is 3. The van der Waals surface area contributed by atoms with E-state index in [4.69, 9.17) is 9.47 Å². The van der Waals surface area contributed by atoms with Crippen molar-refractivity contribution >= 4 is 29.2 Å². The van der Waals surface area contributed by atoms with Crippen LogP contribution in [0.15, 0.2) is 42.5 Å². The Bertz CT molecular complexity index is 1350. The molecule has 4 atom stereocenters. The van der Waals surface area contributed by atoms with Crippen LogP contribution in [-0.2, 0) is 9.53 Å². The summed E-state index contributed by atoms with van der Waals surface area (Å²) < 4.78 is 26.0. The van der Waals surface area contributed by atoms with Gasteiger partial charge < -0.3 is 35.0 Å². The summed E-state index contributed by atoms with van der Waals surface area (Å²) >= 11 is 0. The van der Waals surface area contributed by atoms with Crippen molar-refractivity contribution in [2.75, 3.05) is 44.0 Å². The van der Waals surface area contributed by atoms with Crippen molar-refractivity contribution in [1.29, 1.82) is 0 Å². The van der Waals surface area contributed by atoms with E-state index >= 15 is 0 Å². The van der Waals surface area contributed by atoms with Gasteiger partial charge in [-0.15, -0.1) is 0 Å². The predicted molar refractivity (Wildman–Crippen MR) is 185 cm³/mol. The molecule has 0 radical (unpaired) electrons. The highest BCUT2D eigenvalue weighted by molar-refractivity contribution is 6.00. The first-order valence-corrected chi connectivity index (χ1v) is 17.5. The molecule has 11 heteroatoms. The van der Waals surface area contributed by atoms with Gasteiger partial charge in [0.15, 0.2) is 0 Å². The minimum absolute atomic E-state index is 0.0266. The van der Waals surface area contributed by atoms with Crippen LogP contribution in [0.1, 0.15) is 88.9 Å². The van der Waals surface area contributed by atoms with Crippen molar-refractivity contribution in [3.63, 3.8) is 0 Å². The summed E-state index contributed by atoms with van der Waals surface area (Å²) in [5, 5.41) is 16.1. The predicted octanol–water partition coefficient (Wildman–Crippen LogP) is 6.69. The van der Waals surface area contributed by atoms with Gasteiger partial charge >= 0.3 is 6.03 Å². The van der Waals surface area contributed by atoms with Gasteiger partial charge in [-0.05, 0) is 88.4 Å². The van der Waals surface area contributed by atoms with E-state index in [9.17, 15) is 23.9 Å². The van der Waals surface area contributed by atoms with Crippen molar-refractivity contribution < 1.29 is 33.4 Å².